The van der Waals surface area contributed by atoms with Gasteiger partial charge in [-0.3, -0.25) is 0 Å². The zero-order chi connectivity index (χ0) is 13.9. The minimum absolute atomic E-state index is 0.566. The third kappa shape index (κ3) is 3.10. The van der Waals surface area contributed by atoms with Gasteiger partial charge in [-0.1, -0.05) is 37.3 Å². The van der Waals surface area contributed by atoms with Crippen molar-refractivity contribution in [3.05, 3.63) is 52.0 Å². The van der Waals surface area contributed by atoms with Crippen molar-refractivity contribution >= 4 is 11.3 Å². The van der Waals surface area contributed by atoms with Crippen LogP contribution in [-0.4, -0.2) is 17.6 Å². The minimum atomic E-state index is 0.566. The van der Waals surface area contributed by atoms with E-state index in [1.54, 1.807) is 11.3 Å². The molecule has 3 atom stereocenters. The van der Waals surface area contributed by atoms with E-state index in [2.05, 4.69) is 59.9 Å². The molecule has 1 aliphatic carbocycles. The average Bonchev–Trinajstić information content (AvgIpc) is 3.16. The van der Waals surface area contributed by atoms with E-state index in [1.807, 2.05) is 0 Å². The summed E-state index contributed by atoms with van der Waals surface area (Å²) >= 11 is 1.79. The lowest BCUT2D eigenvalue weighted by molar-refractivity contribution is 0.463. The summed E-state index contributed by atoms with van der Waals surface area (Å²) in [5, 5.41) is 7.09. The Kier molecular flexibility index (Phi) is 4.18. The Hall–Kier alpha value is -1.19. The van der Waals surface area contributed by atoms with Gasteiger partial charge in [0.2, 0.25) is 0 Å². The van der Waals surface area contributed by atoms with Crippen LogP contribution in [0, 0.1) is 12.8 Å². The Bertz CT molecular complexity index is 549. The molecule has 0 bridgehead atoms. The Balaban J connectivity index is 1.66. The quantitative estimate of drug-likeness (QED) is 0.874. The van der Waals surface area contributed by atoms with E-state index in [4.69, 9.17) is 0 Å². The Morgan fingerprint density at radius 3 is 2.80 bits per heavy atom. The SMILES string of the molecule is CCNC(Cc1nc(C)cs1)C1CC1c1ccccc1. The van der Waals surface area contributed by atoms with Gasteiger partial charge in [0.15, 0.2) is 0 Å². The largest absolute Gasteiger partial charge is 0.314 e. The second-order valence-electron chi connectivity index (χ2n) is 5.67. The predicted octanol–water partition coefficient (Wildman–Crippen LogP) is 3.78. The van der Waals surface area contributed by atoms with Gasteiger partial charge in [0.25, 0.3) is 0 Å². The highest BCUT2D eigenvalue weighted by molar-refractivity contribution is 7.09. The zero-order valence-corrected chi connectivity index (χ0v) is 13.0. The molecule has 0 spiro atoms. The number of nitrogens with zero attached hydrogens (tertiary/aromatic N) is 1. The third-order valence-corrected chi connectivity index (χ3v) is 5.10. The van der Waals surface area contributed by atoms with Crippen molar-refractivity contribution in [2.24, 2.45) is 5.92 Å². The fraction of sp³-hybridized carbons (Fsp3) is 0.471. The molecule has 1 aromatic heterocycles. The molecule has 1 heterocycles. The molecule has 1 aliphatic rings. The maximum atomic E-state index is 4.62. The van der Waals surface area contributed by atoms with Crippen LogP contribution in [0.15, 0.2) is 35.7 Å². The van der Waals surface area contributed by atoms with E-state index in [0.29, 0.717) is 6.04 Å². The lowest BCUT2D eigenvalue weighted by Gasteiger charge is -2.17. The summed E-state index contributed by atoms with van der Waals surface area (Å²) in [5.41, 5.74) is 2.64. The second-order valence-corrected chi connectivity index (χ2v) is 6.61. The standard InChI is InChI=1S/C17H22N2S/c1-3-18-16(10-17-19-12(2)11-20-17)15-9-14(15)13-7-5-4-6-8-13/h4-8,11,14-16,18H,3,9-10H2,1-2H3. The van der Waals surface area contributed by atoms with E-state index in [0.717, 1.165) is 30.5 Å². The molecular formula is C17H22N2S. The topological polar surface area (TPSA) is 24.9 Å². The molecule has 1 saturated carbocycles. The highest BCUT2D eigenvalue weighted by Crippen LogP contribution is 2.50. The second kappa shape index (κ2) is 6.06. The molecule has 1 fully saturated rings. The van der Waals surface area contributed by atoms with Crippen molar-refractivity contribution in [2.45, 2.75) is 38.6 Å². The Morgan fingerprint density at radius 1 is 1.35 bits per heavy atom. The van der Waals surface area contributed by atoms with Crippen molar-refractivity contribution in [3.63, 3.8) is 0 Å². The number of rotatable bonds is 6. The normalized spacial score (nSPS) is 22.7. The van der Waals surface area contributed by atoms with Gasteiger partial charge in [-0.2, -0.15) is 0 Å². The molecule has 0 amide bonds. The summed E-state index contributed by atoms with van der Waals surface area (Å²) in [6.45, 7) is 5.30. The molecule has 1 N–H and O–H groups in total. The van der Waals surface area contributed by atoms with E-state index >= 15 is 0 Å². The van der Waals surface area contributed by atoms with Crippen LogP contribution in [0.4, 0.5) is 0 Å². The number of nitrogens with one attached hydrogen (secondary N) is 1. The monoisotopic (exact) mass is 286 g/mol. The Labute approximate surface area is 125 Å². The molecule has 0 saturated heterocycles. The molecule has 1 aromatic carbocycles. The predicted molar refractivity (Wildman–Crippen MR) is 85.3 cm³/mol. The molecule has 0 aliphatic heterocycles. The van der Waals surface area contributed by atoms with Crippen LogP contribution in [0.1, 0.15) is 35.5 Å². The fourth-order valence-corrected chi connectivity index (χ4v) is 3.90. The summed E-state index contributed by atoms with van der Waals surface area (Å²) in [5.74, 6) is 1.50. The van der Waals surface area contributed by atoms with Crippen molar-refractivity contribution in [1.29, 1.82) is 0 Å². The Morgan fingerprint density at radius 2 is 2.15 bits per heavy atom. The van der Waals surface area contributed by atoms with Crippen LogP contribution in [0.2, 0.25) is 0 Å². The first-order valence-corrected chi connectivity index (χ1v) is 8.35. The van der Waals surface area contributed by atoms with Gasteiger partial charge in [-0.05, 0) is 37.3 Å². The minimum Gasteiger partial charge on any atom is -0.314 e. The number of aryl methyl sites for hydroxylation is 1. The summed E-state index contributed by atoms with van der Waals surface area (Å²) in [7, 11) is 0. The van der Waals surface area contributed by atoms with Crippen molar-refractivity contribution < 1.29 is 0 Å². The van der Waals surface area contributed by atoms with Gasteiger partial charge in [0.05, 0.1) is 5.01 Å². The van der Waals surface area contributed by atoms with Gasteiger partial charge in [0, 0.05) is 23.5 Å². The average molecular weight is 286 g/mol. The number of hydrogen-bond acceptors (Lipinski definition) is 3. The number of benzene rings is 1. The van der Waals surface area contributed by atoms with Gasteiger partial charge in [0.1, 0.15) is 0 Å². The molecule has 0 radical (unpaired) electrons. The van der Waals surface area contributed by atoms with Crippen LogP contribution in [0.3, 0.4) is 0 Å². The maximum absolute atomic E-state index is 4.62. The highest BCUT2D eigenvalue weighted by atomic mass is 32.1. The molecule has 20 heavy (non-hydrogen) atoms. The van der Waals surface area contributed by atoms with Gasteiger partial charge in [-0.25, -0.2) is 4.98 Å². The fourth-order valence-electron chi connectivity index (χ4n) is 3.06. The first-order valence-electron chi connectivity index (χ1n) is 7.47. The summed E-state index contributed by atoms with van der Waals surface area (Å²) < 4.78 is 0. The van der Waals surface area contributed by atoms with E-state index in [-0.39, 0.29) is 0 Å². The van der Waals surface area contributed by atoms with Crippen molar-refractivity contribution in [1.82, 2.24) is 10.3 Å². The number of likely N-dealkylation sites (N-methyl/N-ethyl adjacent to an activating group) is 1. The van der Waals surface area contributed by atoms with Crippen molar-refractivity contribution in [3.8, 4) is 0 Å². The molecule has 3 heteroatoms. The third-order valence-electron chi connectivity index (χ3n) is 4.11. The van der Waals surface area contributed by atoms with E-state index < -0.39 is 0 Å². The number of thiazole rings is 1. The number of hydrogen-bond donors (Lipinski definition) is 1. The van der Waals surface area contributed by atoms with Crippen LogP contribution in [0.5, 0.6) is 0 Å². The number of aromatic nitrogens is 1. The highest BCUT2D eigenvalue weighted by Gasteiger charge is 2.43. The lowest BCUT2D eigenvalue weighted by atomic mass is 10.0. The van der Waals surface area contributed by atoms with E-state index in [9.17, 15) is 0 Å². The summed E-state index contributed by atoms with van der Waals surface area (Å²) in [6.07, 6.45) is 2.38. The van der Waals surface area contributed by atoms with Gasteiger partial charge >= 0.3 is 0 Å². The lowest BCUT2D eigenvalue weighted by Crippen LogP contribution is -2.33. The first kappa shape index (κ1) is 13.8. The van der Waals surface area contributed by atoms with E-state index in [1.165, 1.54) is 17.0 Å². The van der Waals surface area contributed by atoms with Gasteiger partial charge in [-0.15, -0.1) is 11.3 Å². The molecule has 3 unspecified atom stereocenters. The van der Waals surface area contributed by atoms with Gasteiger partial charge < -0.3 is 5.32 Å². The molecule has 3 rings (SSSR count). The summed E-state index contributed by atoms with van der Waals surface area (Å²) in [6, 6.07) is 11.5. The van der Waals surface area contributed by atoms with Crippen LogP contribution in [-0.2, 0) is 6.42 Å². The molecule has 2 aromatic rings. The molecule has 2 nitrogen and oxygen atoms in total. The zero-order valence-electron chi connectivity index (χ0n) is 12.2. The molecule has 106 valence electrons. The van der Waals surface area contributed by atoms with Crippen molar-refractivity contribution in [2.75, 3.05) is 6.54 Å². The molecular weight excluding hydrogens is 264 g/mol. The smallest absolute Gasteiger partial charge is 0.0943 e. The van der Waals surface area contributed by atoms with Crippen LogP contribution >= 0.6 is 11.3 Å². The van der Waals surface area contributed by atoms with Crippen LogP contribution < -0.4 is 5.32 Å². The van der Waals surface area contributed by atoms with Crippen LogP contribution in [0.25, 0.3) is 0 Å². The summed E-state index contributed by atoms with van der Waals surface area (Å²) in [4.78, 5) is 4.62. The maximum Gasteiger partial charge on any atom is 0.0943 e. The first-order chi connectivity index (χ1) is 9.78.